The zero-order chi connectivity index (χ0) is 21.5. The van der Waals surface area contributed by atoms with Crippen molar-refractivity contribution in [1.82, 2.24) is 15.6 Å². The molecular formula is C22H17BrN4OS3. The quantitative estimate of drug-likeness (QED) is 0.173. The van der Waals surface area contributed by atoms with Crippen molar-refractivity contribution in [1.29, 1.82) is 0 Å². The lowest BCUT2D eigenvalue weighted by atomic mass is 10.1. The van der Waals surface area contributed by atoms with Crippen molar-refractivity contribution >= 4 is 73.7 Å². The molecule has 31 heavy (non-hydrogen) atoms. The van der Waals surface area contributed by atoms with Gasteiger partial charge in [0.15, 0.2) is 8.68 Å². The fraction of sp³-hybridized carbons (Fsp3) is 0.0909. The summed E-state index contributed by atoms with van der Waals surface area (Å²) in [5, 5.41) is 14.9. The van der Waals surface area contributed by atoms with Gasteiger partial charge in [0.2, 0.25) is 0 Å². The Morgan fingerprint density at radius 3 is 2.68 bits per heavy atom. The Bertz CT molecular complexity index is 1220. The third kappa shape index (κ3) is 6.39. The lowest BCUT2D eigenvalue weighted by molar-refractivity contribution is -0.118. The fourth-order valence-electron chi connectivity index (χ4n) is 2.80. The number of fused-ring (bicyclic) bond motifs is 1. The first-order chi connectivity index (χ1) is 15.2. The number of aromatic nitrogens is 2. The van der Waals surface area contributed by atoms with Crippen LogP contribution in [0.4, 0.5) is 0 Å². The number of amides is 1. The van der Waals surface area contributed by atoms with E-state index >= 15 is 0 Å². The summed E-state index contributed by atoms with van der Waals surface area (Å²) in [7, 11) is 0. The zero-order valence-electron chi connectivity index (χ0n) is 16.2. The van der Waals surface area contributed by atoms with Crippen molar-refractivity contribution in [3.63, 3.8) is 0 Å². The van der Waals surface area contributed by atoms with Crippen molar-refractivity contribution in [2.45, 2.75) is 14.4 Å². The second-order valence-corrected chi connectivity index (χ2v) is 10.7. The lowest BCUT2D eigenvalue weighted by Crippen LogP contribution is -2.19. The number of thioether (sulfide) groups is 2. The van der Waals surface area contributed by atoms with E-state index in [0.717, 1.165) is 24.5 Å². The molecule has 0 aliphatic rings. The van der Waals surface area contributed by atoms with Gasteiger partial charge >= 0.3 is 0 Å². The SMILES string of the molecule is O=C(CSc1nnc(SCc2cccc3ccccc23)s1)NN=Cc1cccc(Br)c1. The van der Waals surface area contributed by atoms with Gasteiger partial charge in [-0.1, -0.05) is 105 Å². The molecule has 3 aromatic carbocycles. The molecule has 0 saturated carbocycles. The molecule has 156 valence electrons. The summed E-state index contributed by atoms with van der Waals surface area (Å²) in [4.78, 5) is 12.0. The largest absolute Gasteiger partial charge is 0.272 e. The highest BCUT2D eigenvalue weighted by Crippen LogP contribution is 2.32. The van der Waals surface area contributed by atoms with E-state index in [1.807, 2.05) is 24.3 Å². The number of hydrazone groups is 1. The molecule has 0 saturated heterocycles. The molecule has 0 atom stereocenters. The molecule has 1 heterocycles. The minimum atomic E-state index is -0.184. The molecule has 9 heteroatoms. The Kier molecular flexibility index (Phi) is 7.74. The van der Waals surface area contributed by atoms with Crippen LogP contribution in [0, 0.1) is 0 Å². The van der Waals surface area contributed by atoms with Gasteiger partial charge in [0.05, 0.1) is 12.0 Å². The highest BCUT2D eigenvalue weighted by atomic mass is 79.9. The van der Waals surface area contributed by atoms with Crippen LogP contribution in [0.5, 0.6) is 0 Å². The topological polar surface area (TPSA) is 67.2 Å². The summed E-state index contributed by atoms with van der Waals surface area (Å²) in [6.45, 7) is 0. The minimum Gasteiger partial charge on any atom is -0.272 e. The lowest BCUT2D eigenvalue weighted by Gasteiger charge is -2.04. The van der Waals surface area contributed by atoms with Crippen LogP contribution >= 0.6 is 50.8 Å². The maximum absolute atomic E-state index is 12.0. The Morgan fingerprint density at radius 2 is 1.81 bits per heavy atom. The second-order valence-electron chi connectivity index (χ2n) is 6.40. The van der Waals surface area contributed by atoms with Crippen molar-refractivity contribution in [3.8, 4) is 0 Å². The predicted molar refractivity (Wildman–Crippen MR) is 134 cm³/mol. The normalized spacial score (nSPS) is 11.3. The number of rotatable bonds is 8. The standard InChI is InChI=1S/C22H17BrN4OS3/c23-18-9-3-5-15(11-18)12-24-25-20(28)14-30-22-27-26-21(31-22)29-13-17-8-4-7-16-6-1-2-10-19(16)17/h1-12H,13-14H2,(H,25,28). The third-order valence-corrected chi connectivity index (χ3v) is 7.93. The smallest absolute Gasteiger partial charge is 0.250 e. The summed E-state index contributed by atoms with van der Waals surface area (Å²) in [5.41, 5.74) is 4.71. The Balaban J connectivity index is 1.25. The molecule has 0 aliphatic carbocycles. The van der Waals surface area contributed by atoms with Gasteiger partial charge in [0.1, 0.15) is 0 Å². The first-order valence-corrected chi connectivity index (χ1v) is 12.9. The average molecular weight is 530 g/mol. The van der Waals surface area contributed by atoms with Crippen LogP contribution in [0.25, 0.3) is 10.8 Å². The third-order valence-electron chi connectivity index (χ3n) is 4.20. The summed E-state index contributed by atoms with van der Waals surface area (Å²) in [6.07, 6.45) is 1.61. The van der Waals surface area contributed by atoms with Crippen LogP contribution in [0.3, 0.4) is 0 Å². The van der Waals surface area contributed by atoms with E-state index in [1.54, 1.807) is 18.0 Å². The van der Waals surface area contributed by atoms with Crippen LogP contribution in [0.2, 0.25) is 0 Å². The van der Waals surface area contributed by atoms with E-state index in [1.165, 1.54) is 39.4 Å². The van der Waals surface area contributed by atoms with Gasteiger partial charge < -0.3 is 0 Å². The summed E-state index contributed by atoms with van der Waals surface area (Å²) < 4.78 is 2.62. The molecule has 0 unspecified atom stereocenters. The van der Waals surface area contributed by atoms with Crippen molar-refractivity contribution < 1.29 is 4.79 Å². The highest BCUT2D eigenvalue weighted by Gasteiger charge is 2.09. The predicted octanol–water partition coefficient (Wildman–Crippen LogP) is 5.99. The summed E-state index contributed by atoms with van der Waals surface area (Å²) in [6, 6.07) is 22.4. The Hall–Kier alpha value is -2.20. The zero-order valence-corrected chi connectivity index (χ0v) is 20.2. The average Bonchev–Trinajstić information content (AvgIpc) is 3.24. The number of halogens is 1. The number of carbonyl (C=O) groups excluding carboxylic acids is 1. The van der Waals surface area contributed by atoms with Crippen LogP contribution in [0.1, 0.15) is 11.1 Å². The molecule has 0 radical (unpaired) electrons. The van der Waals surface area contributed by atoms with Gasteiger partial charge in [0, 0.05) is 10.2 Å². The van der Waals surface area contributed by atoms with Crippen LogP contribution in [-0.4, -0.2) is 28.1 Å². The minimum absolute atomic E-state index is 0.184. The Morgan fingerprint density at radius 1 is 1.03 bits per heavy atom. The number of hydrogen-bond donors (Lipinski definition) is 1. The number of benzene rings is 3. The summed E-state index contributed by atoms with van der Waals surface area (Å²) >= 11 is 7.93. The van der Waals surface area contributed by atoms with Gasteiger partial charge in [-0.05, 0) is 34.0 Å². The summed E-state index contributed by atoms with van der Waals surface area (Å²) in [5.74, 6) is 0.876. The van der Waals surface area contributed by atoms with Crippen LogP contribution in [-0.2, 0) is 10.5 Å². The van der Waals surface area contributed by atoms with E-state index in [2.05, 4.69) is 79.1 Å². The number of hydrogen-bond acceptors (Lipinski definition) is 7. The Labute approximate surface area is 200 Å². The van der Waals surface area contributed by atoms with Gasteiger partial charge in [-0.25, -0.2) is 5.43 Å². The molecular weight excluding hydrogens is 512 g/mol. The maximum atomic E-state index is 12.0. The second kappa shape index (κ2) is 10.9. The molecule has 0 fully saturated rings. The molecule has 0 spiro atoms. The van der Waals surface area contributed by atoms with E-state index in [9.17, 15) is 4.79 Å². The van der Waals surface area contributed by atoms with Crippen LogP contribution in [0.15, 0.2) is 85.0 Å². The first-order valence-electron chi connectivity index (χ1n) is 9.30. The van der Waals surface area contributed by atoms with Crippen molar-refractivity contribution in [3.05, 3.63) is 82.3 Å². The van der Waals surface area contributed by atoms with Crippen molar-refractivity contribution in [2.75, 3.05) is 5.75 Å². The fourth-order valence-corrected chi connectivity index (χ4v) is 6.03. The highest BCUT2D eigenvalue weighted by molar-refractivity contribution is 9.10. The molecule has 4 aromatic rings. The van der Waals surface area contributed by atoms with Gasteiger partial charge in [-0.3, -0.25) is 4.79 Å². The number of nitrogens with zero attached hydrogens (tertiary/aromatic N) is 3. The van der Waals surface area contributed by atoms with E-state index in [4.69, 9.17) is 0 Å². The molecule has 1 N–H and O–H groups in total. The van der Waals surface area contributed by atoms with Gasteiger partial charge in [0.25, 0.3) is 5.91 Å². The van der Waals surface area contributed by atoms with Gasteiger partial charge in [-0.2, -0.15) is 5.10 Å². The number of carbonyl (C=O) groups is 1. The molecule has 1 amide bonds. The maximum Gasteiger partial charge on any atom is 0.250 e. The molecule has 1 aromatic heterocycles. The number of nitrogens with one attached hydrogen (secondary N) is 1. The van der Waals surface area contributed by atoms with Crippen LogP contribution < -0.4 is 5.43 Å². The van der Waals surface area contributed by atoms with E-state index < -0.39 is 0 Å². The molecule has 4 rings (SSSR count). The van der Waals surface area contributed by atoms with E-state index in [-0.39, 0.29) is 11.7 Å². The first kappa shape index (κ1) is 22.0. The van der Waals surface area contributed by atoms with Gasteiger partial charge in [-0.15, -0.1) is 10.2 Å². The monoisotopic (exact) mass is 528 g/mol. The van der Waals surface area contributed by atoms with Crippen molar-refractivity contribution in [2.24, 2.45) is 5.10 Å². The molecule has 0 bridgehead atoms. The van der Waals surface area contributed by atoms with E-state index in [0.29, 0.717) is 0 Å². The molecule has 5 nitrogen and oxygen atoms in total. The molecule has 0 aliphatic heterocycles.